The zero-order valence-corrected chi connectivity index (χ0v) is 20.6. The third-order valence-corrected chi connectivity index (χ3v) is 8.59. The number of hydrogen-bond acceptors (Lipinski definition) is 4. The van der Waals surface area contributed by atoms with Crippen molar-refractivity contribution in [2.45, 2.75) is 24.8 Å². The molecule has 0 bridgehead atoms. The van der Waals surface area contributed by atoms with Crippen LogP contribution in [0, 0.1) is 5.92 Å². The molecule has 0 radical (unpaired) electrons. The molecule has 2 heterocycles. The maximum Gasteiger partial charge on any atom is 0.416 e. The Labute approximate surface area is 208 Å². The number of hydrogen-bond donors (Lipinski definition) is 0. The normalized spacial score (nSPS) is 20.2. The number of alkyl halides is 3. The van der Waals surface area contributed by atoms with Gasteiger partial charge in [0.15, 0.2) is 0 Å². The van der Waals surface area contributed by atoms with Crippen LogP contribution in [0.25, 0.3) is 0 Å². The van der Waals surface area contributed by atoms with Crippen molar-refractivity contribution in [3.8, 4) is 0 Å². The fourth-order valence-corrected chi connectivity index (χ4v) is 6.34. The maximum absolute atomic E-state index is 13.2. The summed E-state index contributed by atoms with van der Waals surface area (Å²) in [5, 5.41) is 0.530. The molecule has 1 atom stereocenters. The van der Waals surface area contributed by atoms with Gasteiger partial charge in [0.05, 0.1) is 17.2 Å². The van der Waals surface area contributed by atoms with E-state index in [2.05, 4.69) is 0 Å². The van der Waals surface area contributed by atoms with Gasteiger partial charge in [-0.1, -0.05) is 29.8 Å². The molecule has 190 valence electrons. The van der Waals surface area contributed by atoms with Gasteiger partial charge in [0.2, 0.25) is 15.9 Å². The monoisotopic (exact) mass is 529 g/mol. The first kappa shape index (κ1) is 25.8. The van der Waals surface area contributed by atoms with Crippen molar-refractivity contribution >= 4 is 33.2 Å². The van der Waals surface area contributed by atoms with Gasteiger partial charge in [0.1, 0.15) is 0 Å². The van der Waals surface area contributed by atoms with Crippen LogP contribution in [0.4, 0.5) is 18.9 Å². The van der Waals surface area contributed by atoms with E-state index in [4.69, 9.17) is 11.6 Å². The molecule has 2 aromatic rings. The standard InChI is InChI=1S/C24H27ClF3N3O3S/c25-21-8-6-18(7-9-21)17-35(33,34)31-10-2-3-19(16-31)23(32)30-13-11-29(12-14-30)22-5-1-4-20(15-22)24(26,27)28/h1,4-9,15,19H,2-3,10-14,16-17H2. The molecule has 6 nitrogen and oxygen atoms in total. The van der Waals surface area contributed by atoms with Crippen molar-refractivity contribution in [2.24, 2.45) is 5.92 Å². The van der Waals surface area contributed by atoms with Crippen molar-refractivity contribution < 1.29 is 26.4 Å². The van der Waals surface area contributed by atoms with Gasteiger partial charge in [-0.2, -0.15) is 13.2 Å². The first-order valence-electron chi connectivity index (χ1n) is 11.5. The Morgan fingerprint density at radius 2 is 1.69 bits per heavy atom. The Morgan fingerprint density at radius 3 is 2.34 bits per heavy atom. The molecule has 0 N–H and O–H groups in total. The highest BCUT2D eigenvalue weighted by molar-refractivity contribution is 7.88. The molecular weight excluding hydrogens is 503 g/mol. The molecule has 1 unspecified atom stereocenters. The molecule has 2 aromatic carbocycles. The van der Waals surface area contributed by atoms with E-state index in [9.17, 15) is 26.4 Å². The molecule has 11 heteroatoms. The van der Waals surface area contributed by atoms with Gasteiger partial charge in [-0.15, -0.1) is 0 Å². The van der Waals surface area contributed by atoms with Gasteiger partial charge >= 0.3 is 6.18 Å². The number of piperidine rings is 1. The lowest BCUT2D eigenvalue weighted by atomic mass is 9.97. The van der Waals surface area contributed by atoms with Crippen LogP contribution in [-0.2, 0) is 26.7 Å². The number of benzene rings is 2. The summed E-state index contributed by atoms with van der Waals surface area (Å²) in [6.07, 6.45) is -3.20. The third-order valence-electron chi connectivity index (χ3n) is 6.52. The lowest BCUT2D eigenvalue weighted by molar-refractivity contribution is -0.137. The van der Waals surface area contributed by atoms with Crippen LogP contribution in [-0.4, -0.2) is 62.8 Å². The second-order valence-electron chi connectivity index (χ2n) is 8.94. The number of halogens is 4. The molecule has 2 saturated heterocycles. The van der Waals surface area contributed by atoms with Gasteiger partial charge in [-0.3, -0.25) is 4.79 Å². The van der Waals surface area contributed by atoms with E-state index in [1.54, 1.807) is 35.2 Å². The number of anilines is 1. The van der Waals surface area contributed by atoms with E-state index in [1.807, 2.05) is 4.90 Å². The summed E-state index contributed by atoms with van der Waals surface area (Å²) in [4.78, 5) is 16.7. The molecule has 2 aliphatic heterocycles. The number of carbonyl (C=O) groups excluding carboxylic acids is 1. The highest BCUT2D eigenvalue weighted by atomic mass is 35.5. The minimum Gasteiger partial charge on any atom is -0.368 e. The van der Waals surface area contributed by atoms with E-state index < -0.39 is 27.7 Å². The summed E-state index contributed by atoms with van der Waals surface area (Å²) < 4.78 is 66.4. The number of amides is 1. The predicted octanol–water partition coefficient (Wildman–Crippen LogP) is 4.25. The number of rotatable bonds is 5. The molecule has 2 aliphatic rings. The van der Waals surface area contributed by atoms with Gasteiger partial charge in [-0.05, 0) is 48.7 Å². The molecule has 35 heavy (non-hydrogen) atoms. The summed E-state index contributed by atoms with van der Waals surface area (Å²) in [5.74, 6) is -0.676. The summed E-state index contributed by atoms with van der Waals surface area (Å²) in [6.45, 7) is 2.11. The fourth-order valence-electron chi connectivity index (χ4n) is 4.60. The average molecular weight is 530 g/mol. The second kappa shape index (κ2) is 10.4. The Morgan fingerprint density at radius 1 is 1.00 bits per heavy atom. The predicted molar refractivity (Wildman–Crippen MR) is 129 cm³/mol. The topological polar surface area (TPSA) is 60.9 Å². The van der Waals surface area contributed by atoms with Crippen LogP contribution in [0.3, 0.4) is 0 Å². The van der Waals surface area contributed by atoms with E-state index in [0.29, 0.717) is 61.8 Å². The second-order valence-corrected chi connectivity index (χ2v) is 11.3. The van der Waals surface area contributed by atoms with E-state index in [0.717, 1.165) is 12.1 Å². The first-order chi connectivity index (χ1) is 16.5. The van der Waals surface area contributed by atoms with Gasteiger partial charge in [-0.25, -0.2) is 12.7 Å². The van der Waals surface area contributed by atoms with Crippen LogP contribution in [0.15, 0.2) is 48.5 Å². The Hall–Kier alpha value is -2.30. The van der Waals surface area contributed by atoms with E-state index >= 15 is 0 Å². The summed E-state index contributed by atoms with van der Waals surface area (Å²) >= 11 is 5.88. The van der Waals surface area contributed by atoms with Gasteiger partial charge < -0.3 is 9.80 Å². The largest absolute Gasteiger partial charge is 0.416 e. The zero-order valence-electron chi connectivity index (χ0n) is 19.0. The maximum atomic E-state index is 13.2. The molecule has 4 rings (SSSR count). The number of nitrogens with zero attached hydrogens (tertiary/aromatic N) is 3. The zero-order chi connectivity index (χ0) is 25.2. The van der Waals surface area contributed by atoms with E-state index in [1.165, 1.54) is 10.4 Å². The third kappa shape index (κ3) is 6.29. The highest BCUT2D eigenvalue weighted by Crippen LogP contribution is 2.32. The molecule has 1 amide bonds. The summed E-state index contributed by atoms with van der Waals surface area (Å²) in [6, 6.07) is 11.8. The summed E-state index contributed by atoms with van der Waals surface area (Å²) in [7, 11) is -3.59. The molecule has 0 aromatic heterocycles. The SMILES string of the molecule is O=C(C1CCCN(S(=O)(=O)Cc2ccc(Cl)cc2)C1)N1CCN(c2cccc(C(F)(F)F)c2)CC1. The van der Waals surface area contributed by atoms with Crippen LogP contribution >= 0.6 is 11.6 Å². The average Bonchev–Trinajstić information content (AvgIpc) is 2.85. The highest BCUT2D eigenvalue weighted by Gasteiger charge is 2.36. The number of piperazine rings is 1. The molecule has 0 spiro atoms. The van der Waals surface area contributed by atoms with Crippen molar-refractivity contribution in [3.63, 3.8) is 0 Å². The Kier molecular flexibility index (Phi) is 7.63. The van der Waals surface area contributed by atoms with Crippen molar-refractivity contribution in [3.05, 3.63) is 64.7 Å². The smallest absolute Gasteiger partial charge is 0.368 e. The van der Waals surface area contributed by atoms with Crippen LogP contribution in [0.2, 0.25) is 5.02 Å². The molecule has 0 aliphatic carbocycles. The van der Waals surface area contributed by atoms with E-state index in [-0.39, 0.29) is 18.2 Å². The Bertz CT molecular complexity index is 1150. The van der Waals surface area contributed by atoms with Crippen LogP contribution < -0.4 is 4.90 Å². The quantitative estimate of drug-likeness (QED) is 0.581. The molecular formula is C24H27ClF3N3O3S. The summed E-state index contributed by atoms with van der Waals surface area (Å²) in [5.41, 5.74) is 0.410. The lowest BCUT2D eigenvalue weighted by Crippen LogP contribution is -2.53. The number of sulfonamides is 1. The van der Waals surface area contributed by atoms with Gasteiger partial charge in [0, 0.05) is 50.0 Å². The molecule has 2 fully saturated rings. The number of carbonyl (C=O) groups is 1. The van der Waals surface area contributed by atoms with Crippen molar-refractivity contribution in [2.75, 3.05) is 44.2 Å². The van der Waals surface area contributed by atoms with Crippen molar-refractivity contribution in [1.29, 1.82) is 0 Å². The fraction of sp³-hybridized carbons (Fsp3) is 0.458. The van der Waals surface area contributed by atoms with Crippen LogP contribution in [0.5, 0.6) is 0 Å². The lowest BCUT2D eigenvalue weighted by Gasteiger charge is -2.39. The minimum atomic E-state index is -4.41. The van der Waals surface area contributed by atoms with Crippen LogP contribution in [0.1, 0.15) is 24.0 Å². The van der Waals surface area contributed by atoms with Gasteiger partial charge in [0.25, 0.3) is 0 Å². The molecule has 0 saturated carbocycles. The first-order valence-corrected chi connectivity index (χ1v) is 13.4. The Balaban J connectivity index is 1.35. The minimum absolute atomic E-state index is 0.0971. The van der Waals surface area contributed by atoms with Crippen molar-refractivity contribution in [1.82, 2.24) is 9.21 Å².